The van der Waals surface area contributed by atoms with Gasteiger partial charge in [-0.1, -0.05) is 15.9 Å². The number of ether oxygens (including phenoxy) is 2. The fourth-order valence-electron chi connectivity index (χ4n) is 1.35. The third-order valence-electron chi connectivity index (χ3n) is 2.05. The van der Waals surface area contributed by atoms with E-state index in [1.807, 2.05) is 13.8 Å². The van der Waals surface area contributed by atoms with E-state index in [4.69, 9.17) is 14.6 Å². The van der Waals surface area contributed by atoms with Gasteiger partial charge < -0.3 is 14.6 Å². The van der Waals surface area contributed by atoms with E-state index in [1.165, 1.54) is 6.08 Å². The maximum Gasteiger partial charge on any atom is 0.328 e. The SMILES string of the molecule is COc1cc(/C=C/C(=O)O)c(Br)cc1OC(C)C. The van der Waals surface area contributed by atoms with E-state index in [1.54, 1.807) is 19.2 Å². The Labute approximate surface area is 114 Å². The molecule has 1 aromatic carbocycles. The fraction of sp³-hybridized carbons (Fsp3) is 0.308. The molecule has 5 heteroatoms. The molecule has 0 fully saturated rings. The van der Waals surface area contributed by atoms with E-state index in [9.17, 15) is 4.79 Å². The van der Waals surface area contributed by atoms with Crippen molar-refractivity contribution in [3.8, 4) is 11.5 Å². The molecular weight excluding hydrogens is 300 g/mol. The minimum Gasteiger partial charge on any atom is -0.493 e. The van der Waals surface area contributed by atoms with E-state index < -0.39 is 5.97 Å². The topological polar surface area (TPSA) is 55.8 Å². The molecule has 0 unspecified atom stereocenters. The van der Waals surface area contributed by atoms with Gasteiger partial charge in [-0.05, 0) is 37.6 Å². The second-order valence-electron chi connectivity index (χ2n) is 3.86. The van der Waals surface area contributed by atoms with Crippen LogP contribution in [0.4, 0.5) is 0 Å². The van der Waals surface area contributed by atoms with Crippen molar-refractivity contribution in [1.82, 2.24) is 0 Å². The Hall–Kier alpha value is -1.49. The first kappa shape index (κ1) is 14.6. The van der Waals surface area contributed by atoms with Crippen LogP contribution in [0.5, 0.6) is 11.5 Å². The van der Waals surface area contributed by atoms with Crippen LogP contribution in [0.25, 0.3) is 6.08 Å². The Bertz CT molecular complexity index is 466. The molecule has 1 aromatic rings. The van der Waals surface area contributed by atoms with Crippen molar-refractivity contribution < 1.29 is 19.4 Å². The molecule has 1 rings (SSSR count). The summed E-state index contributed by atoms with van der Waals surface area (Å²) in [7, 11) is 1.54. The van der Waals surface area contributed by atoms with Crippen molar-refractivity contribution in [2.45, 2.75) is 20.0 Å². The van der Waals surface area contributed by atoms with Crippen molar-refractivity contribution in [3.05, 3.63) is 28.2 Å². The minimum atomic E-state index is -0.997. The average Bonchev–Trinajstić information content (AvgIpc) is 2.27. The summed E-state index contributed by atoms with van der Waals surface area (Å²) in [6, 6.07) is 3.49. The average molecular weight is 315 g/mol. The summed E-state index contributed by atoms with van der Waals surface area (Å²) >= 11 is 3.37. The predicted octanol–water partition coefficient (Wildman–Crippen LogP) is 3.34. The zero-order valence-corrected chi connectivity index (χ0v) is 12.0. The summed E-state index contributed by atoms with van der Waals surface area (Å²) in [5, 5.41) is 8.61. The van der Waals surface area contributed by atoms with Gasteiger partial charge in [-0.15, -0.1) is 0 Å². The van der Waals surface area contributed by atoms with Crippen LogP contribution in [0, 0.1) is 0 Å². The fourth-order valence-corrected chi connectivity index (χ4v) is 1.80. The number of halogens is 1. The van der Waals surface area contributed by atoms with E-state index in [2.05, 4.69) is 15.9 Å². The van der Waals surface area contributed by atoms with Crippen molar-refractivity contribution in [1.29, 1.82) is 0 Å². The van der Waals surface area contributed by atoms with Gasteiger partial charge in [-0.25, -0.2) is 4.79 Å². The van der Waals surface area contributed by atoms with E-state index in [-0.39, 0.29) is 6.10 Å². The molecule has 0 bridgehead atoms. The van der Waals surface area contributed by atoms with Gasteiger partial charge in [-0.2, -0.15) is 0 Å². The maximum absolute atomic E-state index is 10.5. The third-order valence-corrected chi connectivity index (χ3v) is 2.74. The summed E-state index contributed by atoms with van der Waals surface area (Å²) < 4.78 is 11.6. The Morgan fingerprint density at radius 3 is 2.56 bits per heavy atom. The highest BCUT2D eigenvalue weighted by molar-refractivity contribution is 9.10. The maximum atomic E-state index is 10.5. The number of carboxylic acid groups (broad SMARTS) is 1. The Morgan fingerprint density at radius 2 is 2.06 bits per heavy atom. The van der Waals surface area contributed by atoms with Gasteiger partial charge in [0.1, 0.15) is 0 Å². The lowest BCUT2D eigenvalue weighted by atomic mass is 10.2. The van der Waals surface area contributed by atoms with E-state index in [0.29, 0.717) is 17.1 Å². The van der Waals surface area contributed by atoms with Gasteiger partial charge in [0.15, 0.2) is 11.5 Å². The number of hydrogen-bond acceptors (Lipinski definition) is 3. The first-order valence-corrected chi connectivity index (χ1v) is 6.18. The lowest BCUT2D eigenvalue weighted by Crippen LogP contribution is -2.06. The van der Waals surface area contributed by atoms with Crippen LogP contribution in [-0.2, 0) is 4.79 Å². The molecule has 4 nitrogen and oxygen atoms in total. The van der Waals surface area contributed by atoms with Crippen LogP contribution < -0.4 is 9.47 Å². The predicted molar refractivity (Wildman–Crippen MR) is 73.1 cm³/mol. The van der Waals surface area contributed by atoms with Crippen LogP contribution in [-0.4, -0.2) is 24.3 Å². The van der Waals surface area contributed by atoms with Gasteiger partial charge in [-0.3, -0.25) is 0 Å². The summed E-state index contributed by atoms with van der Waals surface area (Å²) in [4.78, 5) is 10.5. The zero-order chi connectivity index (χ0) is 13.7. The number of hydrogen-bond donors (Lipinski definition) is 1. The Balaban J connectivity index is 3.13. The first-order chi connectivity index (χ1) is 8.43. The Kier molecular flexibility index (Phi) is 5.22. The molecule has 0 atom stereocenters. The van der Waals surface area contributed by atoms with Crippen molar-refractivity contribution in [2.75, 3.05) is 7.11 Å². The monoisotopic (exact) mass is 314 g/mol. The molecule has 0 aliphatic carbocycles. The molecule has 0 saturated heterocycles. The van der Waals surface area contributed by atoms with Gasteiger partial charge >= 0.3 is 5.97 Å². The van der Waals surface area contributed by atoms with Gasteiger partial charge in [0.2, 0.25) is 0 Å². The zero-order valence-electron chi connectivity index (χ0n) is 10.4. The van der Waals surface area contributed by atoms with Crippen molar-refractivity contribution in [3.63, 3.8) is 0 Å². The molecule has 0 aliphatic rings. The molecule has 0 saturated carbocycles. The van der Waals surface area contributed by atoms with Crippen molar-refractivity contribution in [2.24, 2.45) is 0 Å². The van der Waals surface area contributed by atoms with Crippen molar-refractivity contribution >= 4 is 28.0 Å². The molecular formula is C13H15BrO4. The van der Waals surface area contributed by atoms with Crippen LogP contribution in [0.1, 0.15) is 19.4 Å². The third kappa shape index (κ3) is 4.07. The second-order valence-corrected chi connectivity index (χ2v) is 4.72. The lowest BCUT2D eigenvalue weighted by Gasteiger charge is -2.15. The number of methoxy groups -OCH3 is 1. The number of aliphatic carboxylic acids is 1. The largest absolute Gasteiger partial charge is 0.493 e. The second kappa shape index (κ2) is 6.44. The number of benzene rings is 1. The molecule has 0 radical (unpaired) electrons. The lowest BCUT2D eigenvalue weighted by molar-refractivity contribution is -0.131. The van der Waals surface area contributed by atoms with Crippen LogP contribution >= 0.6 is 15.9 Å². The highest BCUT2D eigenvalue weighted by Gasteiger charge is 2.10. The van der Waals surface area contributed by atoms with Crippen LogP contribution in [0.3, 0.4) is 0 Å². The van der Waals surface area contributed by atoms with Crippen LogP contribution in [0.2, 0.25) is 0 Å². The summed E-state index contributed by atoms with van der Waals surface area (Å²) in [5.41, 5.74) is 0.713. The number of carboxylic acids is 1. The molecule has 98 valence electrons. The van der Waals surface area contributed by atoms with Crippen LogP contribution in [0.15, 0.2) is 22.7 Å². The quantitative estimate of drug-likeness (QED) is 0.847. The highest BCUT2D eigenvalue weighted by Crippen LogP contribution is 2.34. The summed E-state index contributed by atoms with van der Waals surface area (Å²) in [6.07, 6.45) is 2.60. The summed E-state index contributed by atoms with van der Waals surface area (Å²) in [5.74, 6) is 0.187. The first-order valence-electron chi connectivity index (χ1n) is 5.39. The summed E-state index contributed by atoms with van der Waals surface area (Å²) in [6.45, 7) is 3.84. The van der Waals surface area contributed by atoms with Gasteiger partial charge in [0, 0.05) is 10.5 Å². The molecule has 0 spiro atoms. The molecule has 18 heavy (non-hydrogen) atoms. The smallest absolute Gasteiger partial charge is 0.328 e. The van der Waals surface area contributed by atoms with E-state index >= 15 is 0 Å². The molecule has 0 heterocycles. The molecule has 0 aromatic heterocycles. The Morgan fingerprint density at radius 1 is 1.39 bits per heavy atom. The number of rotatable bonds is 5. The molecule has 0 aliphatic heterocycles. The number of carbonyl (C=O) groups is 1. The van der Waals surface area contributed by atoms with Gasteiger partial charge in [0.05, 0.1) is 13.2 Å². The van der Waals surface area contributed by atoms with E-state index in [0.717, 1.165) is 10.5 Å². The minimum absolute atomic E-state index is 0.0335. The highest BCUT2D eigenvalue weighted by atomic mass is 79.9. The standard InChI is InChI=1S/C13H15BrO4/c1-8(2)18-12-7-10(14)9(4-5-13(15)16)6-11(12)17-3/h4-8H,1-3H3,(H,15,16)/b5-4+. The molecule has 1 N–H and O–H groups in total. The molecule has 0 amide bonds. The van der Waals surface area contributed by atoms with Gasteiger partial charge in [0.25, 0.3) is 0 Å². The normalized spacial score (nSPS) is 10.9.